The minimum absolute atomic E-state index is 0.310. The Bertz CT molecular complexity index is 700. The van der Waals surface area contributed by atoms with Gasteiger partial charge in [-0.3, -0.25) is 10.1 Å². The Morgan fingerprint density at radius 3 is 2.78 bits per heavy atom. The van der Waals surface area contributed by atoms with E-state index in [-0.39, 0.29) is 5.91 Å². The first kappa shape index (κ1) is 16.9. The molecule has 0 fully saturated rings. The van der Waals surface area contributed by atoms with E-state index in [1.54, 1.807) is 45.6 Å². The molecule has 0 radical (unpaired) electrons. The minimum Gasteiger partial charge on any atom is -0.497 e. The highest BCUT2D eigenvalue weighted by Crippen LogP contribution is 2.25. The molecule has 1 aromatic heterocycles. The number of nitrogens with one attached hydrogen (secondary N) is 1. The van der Waals surface area contributed by atoms with Crippen molar-refractivity contribution in [2.45, 2.75) is 6.61 Å². The van der Waals surface area contributed by atoms with Gasteiger partial charge in [0.25, 0.3) is 0 Å². The number of hydrogen-bond donors (Lipinski definition) is 1. The Kier molecular flexibility index (Phi) is 6.07. The van der Waals surface area contributed by atoms with Crippen LogP contribution in [0.3, 0.4) is 0 Å². The summed E-state index contributed by atoms with van der Waals surface area (Å²) in [5.74, 6) is 1.02. The molecule has 0 spiro atoms. The lowest BCUT2D eigenvalue weighted by molar-refractivity contribution is -0.111. The first-order chi connectivity index (χ1) is 11.2. The Morgan fingerprint density at radius 1 is 1.26 bits per heavy atom. The summed E-state index contributed by atoms with van der Waals surface area (Å²) >= 11 is 1.26. The van der Waals surface area contributed by atoms with Gasteiger partial charge in [0.2, 0.25) is 11.0 Å². The summed E-state index contributed by atoms with van der Waals surface area (Å²) in [6.45, 7) is 0.365. The lowest BCUT2D eigenvalue weighted by atomic mass is 10.1. The lowest BCUT2D eigenvalue weighted by Crippen LogP contribution is -2.07. The van der Waals surface area contributed by atoms with Crippen molar-refractivity contribution in [2.75, 3.05) is 26.6 Å². The van der Waals surface area contributed by atoms with Crippen LogP contribution in [0.4, 0.5) is 5.13 Å². The Balaban J connectivity index is 2.05. The molecule has 23 heavy (non-hydrogen) atoms. The molecule has 2 rings (SSSR count). The predicted molar refractivity (Wildman–Crippen MR) is 87.8 cm³/mol. The predicted octanol–water partition coefficient (Wildman–Crippen LogP) is 2.35. The molecule has 0 unspecified atom stereocenters. The number of aromatic nitrogens is 2. The fraction of sp³-hybridized carbons (Fsp3) is 0.267. The number of nitrogens with zero attached hydrogens (tertiary/aromatic N) is 2. The maximum atomic E-state index is 11.9. The number of rotatable bonds is 7. The number of ether oxygens (including phenoxy) is 3. The molecular formula is C15H17N3O4S. The van der Waals surface area contributed by atoms with Gasteiger partial charge in [0.05, 0.1) is 14.2 Å². The molecule has 0 saturated carbocycles. The van der Waals surface area contributed by atoms with Gasteiger partial charge in [0, 0.05) is 18.7 Å². The zero-order valence-corrected chi connectivity index (χ0v) is 13.8. The van der Waals surface area contributed by atoms with E-state index in [0.717, 1.165) is 5.56 Å². The molecule has 1 aromatic carbocycles. The van der Waals surface area contributed by atoms with Crippen LogP contribution in [0.15, 0.2) is 24.3 Å². The first-order valence-corrected chi connectivity index (χ1v) is 7.50. The van der Waals surface area contributed by atoms with Crippen LogP contribution < -0.4 is 14.8 Å². The van der Waals surface area contributed by atoms with E-state index >= 15 is 0 Å². The van der Waals surface area contributed by atoms with E-state index in [1.807, 2.05) is 0 Å². The van der Waals surface area contributed by atoms with Gasteiger partial charge in [-0.15, -0.1) is 10.2 Å². The zero-order valence-electron chi connectivity index (χ0n) is 13.0. The monoisotopic (exact) mass is 335 g/mol. The number of benzene rings is 1. The minimum atomic E-state index is -0.310. The summed E-state index contributed by atoms with van der Waals surface area (Å²) in [5.41, 5.74) is 0.735. The van der Waals surface area contributed by atoms with E-state index in [1.165, 1.54) is 17.4 Å². The van der Waals surface area contributed by atoms with Gasteiger partial charge >= 0.3 is 0 Å². The normalized spacial score (nSPS) is 10.7. The van der Waals surface area contributed by atoms with Crippen molar-refractivity contribution in [3.8, 4) is 11.5 Å². The number of methoxy groups -OCH3 is 3. The molecule has 8 heteroatoms. The summed E-state index contributed by atoms with van der Waals surface area (Å²) < 4.78 is 15.4. The maximum Gasteiger partial charge on any atom is 0.250 e. The summed E-state index contributed by atoms with van der Waals surface area (Å²) in [5, 5.41) is 11.5. The third-order valence-electron chi connectivity index (χ3n) is 2.82. The van der Waals surface area contributed by atoms with Crippen molar-refractivity contribution in [3.05, 3.63) is 34.8 Å². The second-order valence-electron chi connectivity index (χ2n) is 4.36. The van der Waals surface area contributed by atoms with Crippen molar-refractivity contribution in [1.82, 2.24) is 10.2 Å². The highest BCUT2D eigenvalue weighted by Gasteiger charge is 2.07. The summed E-state index contributed by atoms with van der Waals surface area (Å²) in [4.78, 5) is 11.9. The quantitative estimate of drug-likeness (QED) is 0.782. The molecule has 2 aromatic rings. The molecule has 0 aliphatic carbocycles. The van der Waals surface area contributed by atoms with E-state index in [0.29, 0.717) is 28.2 Å². The van der Waals surface area contributed by atoms with Crippen molar-refractivity contribution >= 4 is 28.5 Å². The Labute approximate surface area is 137 Å². The maximum absolute atomic E-state index is 11.9. The van der Waals surface area contributed by atoms with Gasteiger partial charge in [-0.25, -0.2) is 0 Å². The summed E-state index contributed by atoms with van der Waals surface area (Å²) in [6.07, 6.45) is 3.04. The molecule has 0 saturated heterocycles. The second kappa shape index (κ2) is 8.25. The van der Waals surface area contributed by atoms with Gasteiger partial charge in [0.1, 0.15) is 23.1 Å². The summed E-state index contributed by atoms with van der Waals surface area (Å²) in [6, 6.07) is 5.34. The third-order valence-corrected chi connectivity index (χ3v) is 3.63. The fourth-order valence-corrected chi connectivity index (χ4v) is 2.48. The van der Waals surface area contributed by atoms with Crippen LogP contribution >= 0.6 is 11.3 Å². The lowest BCUT2D eigenvalue weighted by Gasteiger charge is -2.07. The molecule has 7 nitrogen and oxygen atoms in total. The molecule has 0 bridgehead atoms. The smallest absolute Gasteiger partial charge is 0.250 e. The van der Waals surface area contributed by atoms with Crippen molar-refractivity contribution < 1.29 is 19.0 Å². The van der Waals surface area contributed by atoms with Crippen LogP contribution in [0.2, 0.25) is 0 Å². The number of carbonyl (C=O) groups excluding carboxylic acids is 1. The summed E-state index contributed by atoms with van der Waals surface area (Å²) in [7, 11) is 4.72. The average Bonchev–Trinajstić information content (AvgIpc) is 3.00. The van der Waals surface area contributed by atoms with Crippen molar-refractivity contribution in [3.63, 3.8) is 0 Å². The Morgan fingerprint density at radius 2 is 2.09 bits per heavy atom. The van der Waals surface area contributed by atoms with Gasteiger partial charge in [-0.05, 0) is 24.3 Å². The van der Waals surface area contributed by atoms with Crippen LogP contribution in [-0.2, 0) is 16.1 Å². The second-order valence-corrected chi connectivity index (χ2v) is 5.43. The topological polar surface area (TPSA) is 82.6 Å². The number of hydrogen-bond acceptors (Lipinski definition) is 7. The van der Waals surface area contributed by atoms with Crippen molar-refractivity contribution in [2.24, 2.45) is 0 Å². The number of anilines is 1. The molecule has 122 valence electrons. The van der Waals surface area contributed by atoms with E-state index in [4.69, 9.17) is 14.2 Å². The molecule has 1 heterocycles. The SMILES string of the molecule is COCc1nnc(NC(=O)/C=C/c2cc(OC)ccc2OC)s1. The van der Waals surface area contributed by atoms with Gasteiger partial charge in [-0.1, -0.05) is 11.3 Å². The number of carbonyl (C=O) groups is 1. The largest absolute Gasteiger partial charge is 0.497 e. The standard InChI is InChI=1S/C15H17N3O4S/c1-20-9-14-17-18-15(23-14)16-13(19)7-4-10-8-11(21-2)5-6-12(10)22-3/h4-8H,9H2,1-3H3,(H,16,18,19)/b7-4+. The van der Waals surface area contributed by atoms with Crippen molar-refractivity contribution in [1.29, 1.82) is 0 Å². The highest BCUT2D eigenvalue weighted by atomic mass is 32.1. The molecule has 1 amide bonds. The molecule has 1 N–H and O–H groups in total. The average molecular weight is 335 g/mol. The van der Waals surface area contributed by atoms with E-state index in [9.17, 15) is 4.79 Å². The van der Waals surface area contributed by atoms with Crippen LogP contribution in [0.25, 0.3) is 6.08 Å². The van der Waals surface area contributed by atoms with Crippen LogP contribution in [0, 0.1) is 0 Å². The first-order valence-electron chi connectivity index (χ1n) is 6.68. The molecule has 0 aliphatic rings. The van der Waals surface area contributed by atoms with Crippen LogP contribution in [0.1, 0.15) is 10.6 Å². The highest BCUT2D eigenvalue weighted by molar-refractivity contribution is 7.15. The van der Waals surface area contributed by atoms with Crippen LogP contribution in [0.5, 0.6) is 11.5 Å². The van der Waals surface area contributed by atoms with Gasteiger partial charge in [-0.2, -0.15) is 0 Å². The molecule has 0 aliphatic heterocycles. The molecular weight excluding hydrogens is 318 g/mol. The number of amides is 1. The van der Waals surface area contributed by atoms with Gasteiger partial charge < -0.3 is 14.2 Å². The van der Waals surface area contributed by atoms with E-state index in [2.05, 4.69) is 15.5 Å². The van der Waals surface area contributed by atoms with Gasteiger partial charge in [0.15, 0.2) is 0 Å². The third kappa shape index (κ3) is 4.76. The fourth-order valence-electron chi connectivity index (χ4n) is 1.77. The van der Waals surface area contributed by atoms with E-state index < -0.39 is 0 Å². The Hall–Kier alpha value is -2.45. The molecule has 0 atom stereocenters. The van der Waals surface area contributed by atoms with Crippen LogP contribution in [-0.4, -0.2) is 37.4 Å². The zero-order chi connectivity index (χ0) is 16.7.